The fraction of sp³-hybridized carbons (Fsp3) is 0.750. The summed E-state index contributed by atoms with van der Waals surface area (Å²) >= 11 is 0. The standard InChI is InChI=1S/C12H23N3O2/c1-4-6-13-12(10-17-9-8-16-3)11-5-7-15(2)14-11/h5,7,12-13H,4,6,8-10H2,1-3H3. The first-order chi connectivity index (χ1) is 8.27. The highest BCUT2D eigenvalue weighted by molar-refractivity contribution is 5.05. The van der Waals surface area contributed by atoms with E-state index in [9.17, 15) is 0 Å². The molecule has 0 saturated heterocycles. The molecule has 5 heteroatoms. The molecular weight excluding hydrogens is 218 g/mol. The average Bonchev–Trinajstić information content (AvgIpc) is 2.75. The van der Waals surface area contributed by atoms with Crippen LogP contribution in [0.5, 0.6) is 0 Å². The van der Waals surface area contributed by atoms with Gasteiger partial charge in [-0.2, -0.15) is 5.10 Å². The van der Waals surface area contributed by atoms with Gasteiger partial charge in [-0.05, 0) is 19.0 Å². The van der Waals surface area contributed by atoms with Crippen molar-refractivity contribution in [2.45, 2.75) is 19.4 Å². The second-order valence-corrected chi connectivity index (χ2v) is 3.99. The van der Waals surface area contributed by atoms with Gasteiger partial charge in [0.15, 0.2) is 0 Å². The van der Waals surface area contributed by atoms with Crippen LogP contribution in [0, 0.1) is 0 Å². The van der Waals surface area contributed by atoms with Crippen LogP contribution < -0.4 is 5.32 Å². The highest BCUT2D eigenvalue weighted by atomic mass is 16.5. The number of aryl methyl sites for hydroxylation is 1. The molecule has 0 spiro atoms. The second-order valence-electron chi connectivity index (χ2n) is 3.99. The van der Waals surface area contributed by atoms with E-state index in [2.05, 4.69) is 17.3 Å². The molecular formula is C12H23N3O2. The Bertz CT molecular complexity index is 302. The number of hydrogen-bond acceptors (Lipinski definition) is 4. The van der Waals surface area contributed by atoms with E-state index in [1.54, 1.807) is 7.11 Å². The Kier molecular flexibility index (Phi) is 6.84. The van der Waals surface area contributed by atoms with Crippen molar-refractivity contribution in [1.29, 1.82) is 0 Å². The Morgan fingerprint density at radius 1 is 1.47 bits per heavy atom. The van der Waals surface area contributed by atoms with E-state index < -0.39 is 0 Å². The largest absolute Gasteiger partial charge is 0.382 e. The molecule has 1 heterocycles. The van der Waals surface area contributed by atoms with Gasteiger partial charge in [0.1, 0.15) is 0 Å². The molecule has 0 fully saturated rings. The molecule has 1 N–H and O–H groups in total. The van der Waals surface area contributed by atoms with E-state index in [1.807, 2.05) is 24.0 Å². The minimum Gasteiger partial charge on any atom is -0.382 e. The summed E-state index contributed by atoms with van der Waals surface area (Å²) in [6.45, 7) is 4.99. The Labute approximate surface area is 103 Å². The summed E-state index contributed by atoms with van der Waals surface area (Å²) in [4.78, 5) is 0. The summed E-state index contributed by atoms with van der Waals surface area (Å²) in [6, 6.07) is 2.18. The van der Waals surface area contributed by atoms with Crippen LogP contribution in [-0.2, 0) is 16.5 Å². The SMILES string of the molecule is CCCNC(COCCOC)c1ccn(C)n1. The molecule has 0 aliphatic heterocycles. The summed E-state index contributed by atoms with van der Waals surface area (Å²) in [5.41, 5.74) is 1.03. The highest BCUT2D eigenvalue weighted by Gasteiger charge is 2.13. The van der Waals surface area contributed by atoms with Gasteiger partial charge in [0.05, 0.1) is 31.6 Å². The van der Waals surface area contributed by atoms with Gasteiger partial charge in [-0.15, -0.1) is 0 Å². The van der Waals surface area contributed by atoms with Crippen LogP contribution in [0.1, 0.15) is 25.1 Å². The van der Waals surface area contributed by atoms with Crippen molar-refractivity contribution < 1.29 is 9.47 Å². The van der Waals surface area contributed by atoms with Gasteiger partial charge >= 0.3 is 0 Å². The van der Waals surface area contributed by atoms with Gasteiger partial charge in [0.25, 0.3) is 0 Å². The molecule has 0 saturated carbocycles. The normalized spacial score (nSPS) is 12.9. The van der Waals surface area contributed by atoms with Crippen LogP contribution in [0.4, 0.5) is 0 Å². The third kappa shape index (κ3) is 5.30. The maximum absolute atomic E-state index is 5.56. The lowest BCUT2D eigenvalue weighted by atomic mass is 10.2. The van der Waals surface area contributed by atoms with Crippen molar-refractivity contribution in [2.24, 2.45) is 7.05 Å². The predicted octanol–water partition coefficient (Wildman–Crippen LogP) is 1.12. The number of nitrogens with zero attached hydrogens (tertiary/aromatic N) is 2. The Hall–Kier alpha value is -0.910. The minimum absolute atomic E-state index is 0.160. The van der Waals surface area contributed by atoms with E-state index in [1.165, 1.54) is 0 Å². The van der Waals surface area contributed by atoms with Crippen LogP contribution in [0.3, 0.4) is 0 Å². The number of nitrogens with one attached hydrogen (secondary N) is 1. The summed E-state index contributed by atoms with van der Waals surface area (Å²) in [7, 11) is 3.60. The van der Waals surface area contributed by atoms with Crippen LogP contribution in [0.25, 0.3) is 0 Å². The third-order valence-corrected chi connectivity index (χ3v) is 2.45. The van der Waals surface area contributed by atoms with Gasteiger partial charge in [-0.3, -0.25) is 4.68 Å². The Morgan fingerprint density at radius 2 is 2.29 bits per heavy atom. The number of aromatic nitrogens is 2. The van der Waals surface area contributed by atoms with Crippen LogP contribution in [0.2, 0.25) is 0 Å². The molecule has 0 aliphatic rings. The van der Waals surface area contributed by atoms with Gasteiger partial charge in [0.2, 0.25) is 0 Å². The van der Waals surface area contributed by atoms with Gasteiger partial charge < -0.3 is 14.8 Å². The second kappa shape index (κ2) is 8.22. The molecule has 0 aromatic carbocycles. The molecule has 1 unspecified atom stereocenters. The Morgan fingerprint density at radius 3 is 2.88 bits per heavy atom. The minimum atomic E-state index is 0.160. The summed E-state index contributed by atoms with van der Waals surface area (Å²) < 4.78 is 12.3. The quantitative estimate of drug-likeness (QED) is 0.658. The van der Waals surface area contributed by atoms with E-state index in [-0.39, 0.29) is 6.04 Å². The number of methoxy groups -OCH3 is 1. The van der Waals surface area contributed by atoms with Crippen molar-refractivity contribution in [3.63, 3.8) is 0 Å². The average molecular weight is 241 g/mol. The lowest BCUT2D eigenvalue weighted by molar-refractivity contribution is 0.0579. The zero-order valence-corrected chi connectivity index (χ0v) is 11.0. The van der Waals surface area contributed by atoms with Gasteiger partial charge in [0, 0.05) is 20.4 Å². The molecule has 0 bridgehead atoms. The predicted molar refractivity (Wildman–Crippen MR) is 66.9 cm³/mol. The summed E-state index contributed by atoms with van der Waals surface area (Å²) in [5.74, 6) is 0. The molecule has 0 aliphatic carbocycles. The maximum Gasteiger partial charge on any atom is 0.0817 e. The van der Waals surface area contributed by atoms with E-state index in [0.717, 1.165) is 18.7 Å². The summed E-state index contributed by atoms with van der Waals surface area (Å²) in [5, 5.41) is 7.84. The molecule has 1 aromatic rings. The first kappa shape index (κ1) is 14.2. The van der Waals surface area contributed by atoms with Crippen molar-refractivity contribution in [3.8, 4) is 0 Å². The fourth-order valence-corrected chi connectivity index (χ4v) is 1.53. The van der Waals surface area contributed by atoms with E-state index >= 15 is 0 Å². The smallest absolute Gasteiger partial charge is 0.0817 e. The zero-order valence-electron chi connectivity index (χ0n) is 11.0. The number of ether oxygens (including phenoxy) is 2. The van der Waals surface area contributed by atoms with E-state index in [4.69, 9.17) is 9.47 Å². The highest BCUT2D eigenvalue weighted by Crippen LogP contribution is 2.10. The summed E-state index contributed by atoms with van der Waals surface area (Å²) in [6.07, 6.45) is 3.05. The molecule has 1 rings (SSSR count). The molecule has 1 aromatic heterocycles. The van der Waals surface area contributed by atoms with Crippen molar-refractivity contribution in [3.05, 3.63) is 18.0 Å². The van der Waals surface area contributed by atoms with Crippen LogP contribution in [0.15, 0.2) is 12.3 Å². The van der Waals surface area contributed by atoms with Crippen molar-refractivity contribution >= 4 is 0 Å². The molecule has 17 heavy (non-hydrogen) atoms. The third-order valence-electron chi connectivity index (χ3n) is 2.45. The molecule has 0 amide bonds. The number of rotatable bonds is 9. The Balaban J connectivity index is 2.42. The molecule has 0 radical (unpaired) electrons. The van der Waals surface area contributed by atoms with Crippen LogP contribution >= 0.6 is 0 Å². The first-order valence-corrected chi connectivity index (χ1v) is 6.07. The topological polar surface area (TPSA) is 48.3 Å². The van der Waals surface area contributed by atoms with E-state index in [0.29, 0.717) is 19.8 Å². The maximum atomic E-state index is 5.56. The lowest BCUT2D eigenvalue weighted by Crippen LogP contribution is -2.27. The molecule has 98 valence electrons. The lowest BCUT2D eigenvalue weighted by Gasteiger charge is -2.16. The zero-order chi connectivity index (χ0) is 12.5. The molecule has 1 atom stereocenters. The number of hydrogen-bond donors (Lipinski definition) is 1. The van der Waals surface area contributed by atoms with Crippen molar-refractivity contribution in [1.82, 2.24) is 15.1 Å². The van der Waals surface area contributed by atoms with Crippen LogP contribution in [-0.4, -0.2) is 43.3 Å². The first-order valence-electron chi connectivity index (χ1n) is 6.07. The fourth-order valence-electron chi connectivity index (χ4n) is 1.53. The monoisotopic (exact) mass is 241 g/mol. The molecule has 5 nitrogen and oxygen atoms in total. The van der Waals surface area contributed by atoms with Crippen molar-refractivity contribution in [2.75, 3.05) is 33.5 Å². The van der Waals surface area contributed by atoms with Gasteiger partial charge in [-0.1, -0.05) is 6.92 Å². The van der Waals surface area contributed by atoms with Gasteiger partial charge in [-0.25, -0.2) is 0 Å².